The highest BCUT2D eigenvalue weighted by molar-refractivity contribution is 7.18. The van der Waals surface area contributed by atoms with Crippen molar-refractivity contribution < 1.29 is 4.79 Å². The van der Waals surface area contributed by atoms with Crippen LogP contribution >= 0.6 is 23.7 Å². The Hall–Kier alpha value is -1.17. The monoisotopic (exact) mass is 325 g/mol. The maximum Gasteiger partial charge on any atom is 0.231 e. The number of nitrogens with zero attached hydrogens (tertiary/aromatic N) is 1. The van der Waals surface area contributed by atoms with Gasteiger partial charge in [-0.25, -0.2) is 4.98 Å². The second kappa shape index (κ2) is 6.30. The minimum absolute atomic E-state index is 0. The van der Waals surface area contributed by atoms with E-state index in [1.807, 2.05) is 25.1 Å². The van der Waals surface area contributed by atoms with Crippen LogP contribution in [-0.2, 0) is 4.79 Å². The summed E-state index contributed by atoms with van der Waals surface area (Å²) in [5.74, 6) is 0.0677. The Labute approximate surface area is 134 Å². The van der Waals surface area contributed by atoms with E-state index in [2.05, 4.69) is 10.3 Å². The first-order valence-electron chi connectivity index (χ1n) is 7.02. The molecule has 0 aliphatic heterocycles. The molecule has 1 fully saturated rings. The number of fused-ring (bicyclic) bond motifs is 1. The third-order valence-electron chi connectivity index (χ3n) is 4.19. The Bertz CT molecular complexity index is 649. The van der Waals surface area contributed by atoms with Gasteiger partial charge in [0.1, 0.15) is 0 Å². The molecule has 0 radical (unpaired) electrons. The van der Waals surface area contributed by atoms with Crippen molar-refractivity contribution in [2.45, 2.75) is 32.6 Å². The van der Waals surface area contributed by atoms with Gasteiger partial charge >= 0.3 is 0 Å². The van der Waals surface area contributed by atoms with Gasteiger partial charge in [0, 0.05) is 12.2 Å². The molecule has 4 nitrogen and oxygen atoms in total. The number of aromatic nitrogens is 1. The molecule has 1 aromatic heterocycles. The maximum absolute atomic E-state index is 12.5. The van der Waals surface area contributed by atoms with Crippen molar-refractivity contribution in [1.82, 2.24) is 4.98 Å². The average molecular weight is 326 g/mol. The summed E-state index contributed by atoms with van der Waals surface area (Å²) >= 11 is 1.64. The van der Waals surface area contributed by atoms with Gasteiger partial charge in [-0.05, 0) is 38.0 Å². The lowest BCUT2D eigenvalue weighted by molar-refractivity contribution is -0.124. The van der Waals surface area contributed by atoms with Gasteiger partial charge in [-0.15, -0.1) is 23.7 Å². The van der Waals surface area contributed by atoms with Crippen molar-refractivity contribution in [2.75, 3.05) is 11.9 Å². The highest BCUT2D eigenvalue weighted by Crippen LogP contribution is 2.38. The van der Waals surface area contributed by atoms with Crippen LogP contribution in [0.25, 0.3) is 10.2 Å². The number of aryl methyl sites for hydroxylation is 1. The molecule has 6 heteroatoms. The van der Waals surface area contributed by atoms with Crippen LogP contribution in [0.1, 0.15) is 30.7 Å². The molecular formula is C15H20ClN3OS. The largest absolute Gasteiger partial charge is 0.329 e. The number of nitrogens with one attached hydrogen (secondary N) is 1. The molecule has 0 spiro atoms. The third-order valence-corrected chi connectivity index (χ3v) is 5.12. The quantitative estimate of drug-likeness (QED) is 0.907. The third kappa shape index (κ3) is 3.05. The van der Waals surface area contributed by atoms with Gasteiger partial charge in [0.2, 0.25) is 5.91 Å². The Morgan fingerprint density at radius 2 is 2.14 bits per heavy atom. The molecule has 0 atom stereocenters. The lowest BCUT2D eigenvalue weighted by Gasteiger charge is -2.25. The van der Waals surface area contributed by atoms with Crippen molar-refractivity contribution in [2.24, 2.45) is 11.1 Å². The SMILES string of the molecule is Cc1nc2ccc(NC(=O)C3(CN)CCCC3)cc2s1.Cl. The first kappa shape index (κ1) is 16.2. The first-order valence-corrected chi connectivity index (χ1v) is 7.83. The van der Waals surface area contributed by atoms with E-state index in [-0.39, 0.29) is 23.7 Å². The summed E-state index contributed by atoms with van der Waals surface area (Å²) in [4.78, 5) is 16.9. The Morgan fingerprint density at radius 1 is 1.43 bits per heavy atom. The fourth-order valence-electron chi connectivity index (χ4n) is 2.96. The van der Waals surface area contributed by atoms with Gasteiger partial charge in [0.15, 0.2) is 0 Å². The standard InChI is InChI=1S/C15H19N3OS.ClH/c1-10-17-12-5-4-11(8-13(12)20-10)18-14(19)15(9-16)6-2-3-7-15;/h4-5,8H,2-3,6-7,9,16H2,1H3,(H,18,19);1H. The normalized spacial score (nSPS) is 16.7. The molecule has 1 aliphatic carbocycles. The molecular weight excluding hydrogens is 306 g/mol. The van der Waals surface area contributed by atoms with Crippen molar-refractivity contribution in [1.29, 1.82) is 0 Å². The van der Waals surface area contributed by atoms with Gasteiger partial charge in [0.25, 0.3) is 0 Å². The number of thiazole rings is 1. The van der Waals surface area contributed by atoms with E-state index in [9.17, 15) is 4.79 Å². The second-order valence-electron chi connectivity index (χ2n) is 5.56. The van der Waals surface area contributed by atoms with E-state index in [0.717, 1.165) is 46.6 Å². The maximum atomic E-state index is 12.5. The Kier molecular flexibility index (Phi) is 4.86. The van der Waals surface area contributed by atoms with Crippen LogP contribution in [0.15, 0.2) is 18.2 Å². The van der Waals surface area contributed by atoms with Crippen molar-refractivity contribution >= 4 is 45.6 Å². The van der Waals surface area contributed by atoms with Crippen LogP contribution in [-0.4, -0.2) is 17.4 Å². The number of anilines is 1. The summed E-state index contributed by atoms with van der Waals surface area (Å²) < 4.78 is 1.11. The number of nitrogens with two attached hydrogens (primary N) is 1. The minimum atomic E-state index is -0.363. The lowest BCUT2D eigenvalue weighted by atomic mass is 9.85. The zero-order chi connectivity index (χ0) is 14.2. The molecule has 2 aromatic rings. The summed E-state index contributed by atoms with van der Waals surface area (Å²) in [6.45, 7) is 2.42. The summed E-state index contributed by atoms with van der Waals surface area (Å²) in [7, 11) is 0. The Balaban J connectivity index is 0.00000161. The molecule has 1 saturated carbocycles. The van der Waals surface area contributed by atoms with Crippen LogP contribution in [0.5, 0.6) is 0 Å². The van der Waals surface area contributed by atoms with E-state index in [1.165, 1.54) is 0 Å². The van der Waals surface area contributed by atoms with Crippen LogP contribution in [0, 0.1) is 12.3 Å². The number of amides is 1. The predicted octanol–water partition coefficient (Wildman–Crippen LogP) is 3.48. The Morgan fingerprint density at radius 3 is 2.81 bits per heavy atom. The smallest absolute Gasteiger partial charge is 0.231 e. The first-order chi connectivity index (χ1) is 9.63. The van der Waals surface area contributed by atoms with Crippen LogP contribution in [0.4, 0.5) is 5.69 Å². The van der Waals surface area contributed by atoms with E-state index in [0.29, 0.717) is 6.54 Å². The number of benzene rings is 1. The summed E-state index contributed by atoms with van der Waals surface area (Å²) in [6.07, 6.45) is 3.99. The van der Waals surface area contributed by atoms with Gasteiger partial charge in [-0.1, -0.05) is 12.8 Å². The summed E-state index contributed by atoms with van der Waals surface area (Å²) in [6, 6.07) is 5.87. The van der Waals surface area contributed by atoms with E-state index >= 15 is 0 Å². The molecule has 1 aliphatic rings. The highest BCUT2D eigenvalue weighted by atomic mass is 35.5. The fraction of sp³-hybridized carbons (Fsp3) is 0.467. The molecule has 1 amide bonds. The number of halogens is 1. The predicted molar refractivity (Wildman–Crippen MR) is 90.2 cm³/mol. The molecule has 1 aromatic carbocycles. The van der Waals surface area contributed by atoms with E-state index < -0.39 is 0 Å². The number of hydrogen-bond donors (Lipinski definition) is 2. The lowest BCUT2D eigenvalue weighted by Crippen LogP contribution is -2.40. The van der Waals surface area contributed by atoms with Crippen molar-refractivity contribution in [3.8, 4) is 0 Å². The van der Waals surface area contributed by atoms with Crippen LogP contribution in [0.2, 0.25) is 0 Å². The summed E-state index contributed by atoms with van der Waals surface area (Å²) in [5.41, 5.74) is 7.31. The number of carbonyl (C=O) groups is 1. The minimum Gasteiger partial charge on any atom is -0.329 e. The van der Waals surface area contributed by atoms with Crippen LogP contribution < -0.4 is 11.1 Å². The van der Waals surface area contributed by atoms with Gasteiger partial charge < -0.3 is 11.1 Å². The molecule has 0 unspecified atom stereocenters. The molecule has 3 N–H and O–H groups in total. The average Bonchev–Trinajstić information content (AvgIpc) is 3.04. The molecule has 21 heavy (non-hydrogen) atoms. The van der Waals surface area contributed by atoms with Crippen molar-refractivity contribution in [3.05, 3.63) is 23.2 Å². The zero-order valence-electron chi connectivity index (χ0n) is 12.0. The zero-order valence-corrected chi connectivity index (χ0v) is 13.6. The number of carbonyl (C=O) groups excluding carboxylic acids is 1. The van der Waals surface area contributed by atoms with Gasteiger partial charge in [-0.3, -0.25) is 4.79 Å². The van der Waals surface area contributed by atoms with Gasteiger partial charge in [0.05, 0.1) is 20.6 Å². The second-order valence-corrected chi connectivity index (χ2v) is 6.80. The topological polar surface area (TPSA) is 68.0 Å². The van der Waals surface area contributed by atoms with E-state index in [4.69, 9.17) is 5.73 Å². The van der Waals surface area contributed by atoms with Crippen molar-refractivity contribution in [3.63, 3.8) is 0 Å². The molecule has 3 rings (SSSR count). The molecule has 0 bridgehead atoms. The van der Waals surface area contributed by atoms with Crippen LogP contribution in [0.3, 0.4) is 0 Å². The molecule has 0 saturated heterocycles. The number of rotatable bonds is 3. The summed E-state index contributed by atoms with van der Waals surface area (Å²) in [5, 5.41) is 4.08. The fourth-order valence-corrected chi connectivity index (χ4v) is 3.82. The molecule has 1 heterocycles. The highest BCUT2D eigenvalue weighted by Gasteiger charge is 2.39. The van der Waals surface area contributed by atoms with Gasteiger partial charge in [-0.2, -0.15) is 0 Å². The number of hydrogen-bond acceptors (Lipinski definition) is 4. The van der Waals surface area contributed by atoms with E-state index in [1.54, 1.807) is 11.3 Å². The molecule has 114 valence electrons.